The molecule has 0 aliphatic rings. The van der Waals surface area contributed by atoms with Crippen LogP contribution < -0.4 is 5.73 Å². The summed E-state index contributed by atoms with van der Waals surface area (Å²) in [6.07, 6.45) is 1.08. The van der Waals surface area contributed by atoms with Crippen LogP contribution in [0.15, 0.2) is 29.3 Å². The number of benzene rings is 1. The van der Waals surface area contributed by atoms with Crippen LogP contribution in [0.4, 0.5) is 0 Å². The van der Waals surface area contributed by atoms with Gasteiger partial charge in [0.1, 0.15) is 0 Å². The van der Waals surface area contributed by atoms with Crippen LogP contribution in [-0.4, -0.2) is 25.0 Å². The van der Waals surface area contributed by atoms with Gasteiger partial charge < -0.3 is 10.6 Å². The number of aliphatic imine (C=N–C) groups is 1. The lowest BCUT2D eigenvalue weighted by atomic mass is 10.1. The second kappa shape index (κ2) is 7.49. The Labute approximate surface area is 115 Å². The molecule has 0 saturated heterocycles. The Balaban J connectivity index is 0.00000225. The van der Waals surface area contributed by atoms with Crippen molar-refractivity contribution in [3.05, 3.63) is 35.4 Å². The number of guanidine groups is 1. The maximum Gasteiger partial charge on any atom is 0.191 e. The fourth-order valence-electron chi connectivity index (χ4n) is 1.41. The number of halogens is 1. The fraction of sp³-hybridized carbons (Fsp3) is 0.417. The molecule has 0 aromatic heterocycles. The number of aryl methyl sites for hydroxylation is 1. The van der Waals surface area contributed by atoms with Crippen LogP contribution >= 0.6 is 24.0 Å². The summed E-state index contributed by atoms with van der Waals surface area (Å²) < 4.78 is 0. The molecule has 2 N–H and O–H groups in total. The lowest BCUT2D eigenvalue weighted by molar-refractivity contribution is 0.494. The molecule has 0 bridgehead atoms. The monoisotopic (exact) mass is 333 g/mol. The summed E-state index contributed by atoms with van der Waals surface area (Å²) in [7, 11) is 3.64. The standard InChI is InChI=1S/C12H19N3.HI/c1-4-10-5-7-11(8-6-10)9-15(3)12(13)14-2;/h5-8H,4,9H2,1-3H3,(H2,13,14);1H. The summed E-state index contributed by atoms with van der Waals surface area (Å²) in [5.41, 5.74) is 8.31. The minimum absolute atomic E-state index is 0. The number of hydrogen-bond acceptors (Lipinski definition) is 1. The predicted octanol–water partition coefficient (Wildman–Crippen LogP) is 2.24. The van der Waals surface area contributed by atoms with Crippen LogP contribution in [0.1, 0.15) is 18.1 Å². The third-order valence-electron chi connectivity index (χ3n) is 2.47. The zero-order chi connectivity index (χ0) is 11.3. The van der Waals surface area contributed by atoms with E-state index in [1.165, 1.54) is 11.1 Å². The Bertz CT molecular complexity index is 333. The molecule has 0 spiro atoms. The predicted molar refractivity (Wildman–Crippen MR) is 80.2 cm³/mol. The zero-order valence-electron chi connectivity index (χ0n) is 10.1. The van der Waals surface area contributed by atoms with Crippen LogP contribution in [0.5, 0.6) is 0 Å². The lowest BCUT2D eigenvalue weighted by Crippen LogP contribution is -2.33. The van der Waals surface area contributed by atoms with E-state index < -0.39 is 0 Å². The van der Waals surface area contributed by atoms with Crippen LogP contribution in [0.3, 0.4) is 0 Å². The van der Waals surface area contributed by atoms with Gasteiger partial charge in [0.2, 0.25) is 0 Å². The second-order valence-electron chi connectivity index (χ2n) is 3.61. The van der Waals surface area contributed by atoms with Gasteiger partial charge in [-0.2, -0.15) is 0 Å². The molecule has 4 heteroatoms. The number of hydrogen-bond donors (Lipinski definition) is 1. The first-order valence-electron chi connectivity index (χ1n) is 5.18. The van der Waals surface area contributed by atoms with Crippen molar-refractivity contribution in [2.75, 3.05) is 14.1 Å². The maximum atomic E-state index is 5.70. The average Bonchev–Trinajstić information content (AvgIpc) is 2.29. The van der Waals surface area contributed by atoms with Crippen LogP contribution in [0, 0.1) is 0 Å². The molecule has 0 aliphatic carbocycles. The number of rotatable bonds is 3. The van der Waals surface area contributed by atoms with Crippen molar-refractivity contribution in [1.29, 1.82) is 0 Å². The zero-order valence-corrected chi connectivity index (χ0v) is 12.4. The fourth-order valence-corrected chi connectivity index (χ4v) is 1.41. The largest absolute Gasteiger partial charge is 0.370 e. The molecule has 0 aliphatic heterocycles. The highest BCUT2D eigenvalue weighted by molar-refractivity contribution is 14.0. The summed E-state index contributed by atoms with van der Waals surface area (Å²) in [4.78, 5) is 5.87. The third-order valence-corrected chi connectivity index (χ3v) is 2.47. The van der Waals surface area contributed by atoms with Crippen molar-refractivity contribution in [2.45, 2.75) is 19.9 Å². The first-order valence-corrected chi connectivity index (χ1v) is 5.18. The highest BCUT2D eigenvalue weighted by Gasteiger charge is 2.01. The smallest absolute Gasteiger partial charge is 0.191 e. The van der Waals surface area contributed by atoms with Crippen molar-refractivity contribution in [2.24, 2.45) is 10.7 Å². The summed E-state index contributed by atoms with van der Waals surface area (Å²) in [5.74, 6) is 0.564. The van der Waals surface area contributed by atoms with Crippen molar-refractivity contribution in [3.63, 3.8) is 0 Å². The molecule has 0 amide bonds. The van der Waals surface area contributed by atoms with Gasteiger partial charge in [-0.25, -0.2) is 0 Å². The topological polar surface area (TPSA) is 41.6 Å². The van der Waals surface area contributed by atoms with Crippen molar-refractivity contribution < 1.29 is 0 Å². The van der Waals surface area contributed by atoms with Gasteiger partial charge in [0.25, 0.3) is 0 Å². The maximum absolute atomic E-state index is 5.70. The molecule has 1 aromatic rings. The molecule has 0 saturated carbocycles. The Morgan fingerprint density at radius 2 is 1.75 bits per heavy atom. The van der Waals surface area contributed by atoms with E-state index in [1.807, 2.05) is 11.9 Å². The van der Waals surface area contributed by atoms with Gasteiger partial charge in [0.05, 0.1) is 0 Å². The van der Waals surface area contributed by atoms with E-state index in [0.29, 0.717) is 5.96 Å². The molecule has 3 nitrogen and oxygen atoms in total. The number of nitrogens with two attached hydrogens (primary N) is 1. The Kier molecular flexibility index (Phi) is 7.12. The van der Waals surface area contributed by atoms with Gasteiger partial charge in [-0.05, 0) is 17.5 Å². The van der Waals surface area contributed by atoms with E-state index in [-0.39, 0.29) is 24.0 Å². The van der Waals surface area contributed by atoms with Gasteiger partial charge in [0, 0.05) is 20.6 Å². The van der Waals surface area contributed by atoms with E-state index >= 15 is 0 Å². The van der Waals surface area contributed by atoms with Crippen LogP contribution in [0.25, 0.3) is 0 Å². The van der Waals surface area contributed by atoms with Crippen molar-refractivity contribution in [1.82, 2.24) is 4.90 Å². The van der Waals surface area contributed by atoms with Gasteiger partial charge in [-0.15, -0.1) is 24.0 Å². The molecular formula is C12H20IN3. The normalized spacial score (nSPS) is 10.8. The molecule has 1 aromatic carbocycles. The second-order valence-corrected chi connectivity index (χ2v) is 3.61. The Morgan fingerprint density at radius 1 is 1.25 bits per heavy atom. The quantitative estimate of drug-likeness (QED) is 0.524. The van der Waals surface area contributed by atoms with E-state index in [2.05, 4.69) is 36.2 Å². The molecule has 1 rings (SSSR count). The molecule has 16 heavy (non-hydrogen) atoms. The van der Waals surface area contributed by atoms with Crippen LogP contribution in [0.2, 0.25) is 0 Å². The minimum Gasteiger partial charge on any atom is -0.370 e. The van der Waals surface area contributed by atoms with E-state index in [1.54, 1.807) is 7.05 Å². The van der Waals surface area contributed by atoms with E-state index in [4.69, 9.17) is 5.73 Å². The molecule has 0 fully saturated rings. The highest BCUT2D eigenvalue weighted by atomic mass is 127. The van der Waals surface area contributed by atoms with Crippen molar-refractivity contribution in [3.8, 4) is 0 Å². The van der Waals surface area contributed by atoms with Crippen LogP contribution in [-0.2, 0) is 13.0 Å². The lowest BCUT2D eigenvalue weighted by Gasteiger charge is -2.17. The Hall–Kier alpha value is -0.780. The van der Waals surface area contributed by atoms with Gasteiger partial charge in [0.15, 0.2) is 5.96 Å². The Morgan fingerprint density at radius 3 is 2.19 bits per heavy atom. The first-order chi connectivity index (χ1) is 7.17. The van der Waals surface area contributed by atoms with E-state index in [9.17, 15) is 0 Å². The third kappa shape index (κ3) is 4.38. The molecule has 0 unspecified atom stereocenters. The van der Waals surface area contributed by atoms with Crippen molar-refractivity contribution >= 4 is 29.9 Å². The molecular weight excluding hydrogens is 313 g/mol. The molecule has 0 heterocycles. The van der Waals surface area contributed by atoms with Gasteiger partial charge in [-0.3, -0.25) is 4.99 Å². The molecule has 90 valence electrons. The van der Waals surface area contributed by atoms with Gasteiger partial charge in [-0.1, -0.05) is 31.2 Å². The SMILES string of the molecule is CCc1ccc(CN(C)C(N)=NC)cc1.I. The first kappa shape index (κ1) is 15.2. The highest BCUT2D eigenvalue weighted by Crippen LogP contribution is 2.06. The van der Waals surface area contributed by atoms with E-state index in [0.717, 1.165) is 13.0 Å². The summed E-state index contributed by atoms with van der Waals surface area (Å²) in [5, 5.41) is 0. The summed E-state index contributed by atoms with van der Waals surface area (Å²) in [6, 6.07) is 8.58. The van der Waals surface area contributed by atoms with Gasteiger partial charge >= 0.3 is 0 Å². The summed E-state index contributed by atoms with van der Waals surface area (Å²) >= 11 is 0. The average molecular weight is 333 g/mol. The summed E-state index contributed by atoms with van der Waals surface area (Å²) in [6.45, 7) is 2.95. The molecule has 0 atom stereocenters. The molecule has 0 radical (unpaired) electrons. The number of nitrogens with zero attached hydrogens (tertiary/aromatic N) is 2. The minimum atomic E-state index is 0.